The van der Waals surface area contributed by atoms with Crippen LogP contribution in [0.5, 0.6) is 11.5 Å². The Bertz CT molecular complexity index is 624. The lowest BCUT2D eigenvalue weighted by molar-refractivity contribution is 0.391. The van der Waals surface area contributed by atoms with Crippen molar-refractivity contribution >= 4 is 23.5 Å². The molecular formula is C13H16ClN5O2. The molecule has 1 aromatic carbocycles. The zero-order valence-electron chi connectivity index (χ0n) is 12.0. The van der Waals surface area contributed by atoms with E-state index in [2.05, 4.69) is 25.6 Å². The van der Waals surface area contributed by atoms with Gasteiger partial charge in [-0.3, -0.25) is 0 Å². The normalized spacial score (nSPS) is 10.1. The van der Waals surface area contributed by atoms with Gasteiger partial charge < -0.3 is 20.1 Å². The quantitative estimate of drug-likeness (QED) is 0.846. The number of nitrogens with one attached hydrogen (secondary N) is 2. The lowest BCUT2D eigenvalue weighted by atomic mass is 10.2. The van der Waals surface area contributed by atoms with E-state index in [1.807, 2.05) is 18.2 Å². The highest BCUT2D eigenvalue weighted by Gasteiger charge is 2.07. The first-order chi connectivity index (χ1) is 10.2. The number of hydrogen-bond acceptors (Lipinski definition) is 7. The molecule has 0 bridgehead atoms. The highest BCUT2D eigenvalue weighted by atomic mass is 35.5. The second-order valence-corrected chi connectivity index (χ2v) is 4.37. The van der Waals surface area contributed by atoms with E-state index in [0.29, 0.717) is 18.4 Å². The predicted molar refractivity (Wildman–Crippen MR) is 81.3 cm³/mol. The van der Waals surface area contributed by atoms with Gasteiger partial charge in [-0.2, -0.15) is 15.0 Å². The molecule has 0 amide bonds. The number of benzene rings is 1. The lowest BCUT2D eigenvalue weighted by Crippen LogP contribution is -2.08. The maximum atomic E-state index is 5.83. The molecule has 0 saturated carbocycles. The van der Waals surface area contributed by atoms with Gasteiger partial charge in [0, 0.05) is 25.2 Å². The van der Waals surface area contributed by atoms with Gasteiger partial charge in [0.1, 0.15) is 11.5 Å². The Hall–Kier alpha value is -2.28. The number of hydrogen-bond donors (Lipinski definition) is 2. The SMILES string of the molecule is CNc1nc(Cl)nc(NCc2ccc(OC)cc2OC)n1. The van der Waals surface area contributed by atoms with Crippen LogP contribution in [-0.4, -0.2) is 36.2 Å². The highest BCUT2D eigenvalue weighted by Crippen LogP contribution is 2.25. The molecule has 21 heavy (non-hydrogen) atoms. The van der Waals surface area contributed by atoms with Gasteiger partial charge in [-0.25, -0.2) is 0 Å². The first-order valence-corrected chi connectivity index (χ1v) is 6.58. The van der Waals surface area contributed by atoms with Gasteiger partial charge in [-0.05, 0) is 23.7 Å². The van der Waals surface area contributed by atoms with Crippen LogP contribution in [0.3, 0.4) is 0 Å². The second kappa shape index (κ2) is 6.94. The molecule has 0 spiro atoms. The summed E-state index contributed by atoms with van der Waals surface area (Å²) >= 11 is 5.83. The summed E-state index contributed by atoms with van der Waals surface area (Å²) in [7, 11) is 4.93. The van der Waals surface area contributed by atoms with Gasteiger partial charge in [0.05, 0.1) is 14.2 Å². The zero-order valence-corrected chi connectivity index (χ0v) is 12.7. The molecule has 0 fully saturated rings. The summed E-state index contributed by atoms with van der Waals surface area (Å²) in [5.74, 6) is 2.24. The summed E-state index contributed by atoms with van der Waals surface area (Å²) in [6.45, 7) is 0.483. The number of rotatable bonds is 6. The highest BCUT2D eigenvalue weighted by molar-refractivity contribution is 6.28. The third kappa shape index (κ3) is 3.85. The molecule has 0 atom stereocenters. The van der Waals surface area contributed by atoms with Crippen molar-refractivity contribution in [2.24, 2.45) is 0 Å². The molecule has 0 aliphatic carbocycles. The third-order valence-corrected chi connectivity index (χ3v) is 2.93. The Morgan fingerprint density at radius 3 is 2.52 bits per heavy atom. The van der Waals surface area contributed by atoms with Gasteiger partial charge in [0.25, 0.3) is 0 Å². The van der Waals surface area contributed by atoms with E-state index in [0.717, 1.165) is 17.1 Å². The average molecular weight is 310 g/mol. The van der Waals surface area contributed by atoms with Gasteiger partial charge in [0.15, 0.2) is 0 Å². The Morgan fingerprint density at radius 2 is 1.86 bits per heavy atom. The van der Waals surface area contributed by atoms with Crippen LogP contribution in [0.2, 0.25) is 5.28 Å². The largest absolute Gasteiger partial charge is 0.497 e. The van der Waals surface area contributed by atoms with Crippen molar-refractivity contribution in [3.63, 3.8) is 0 Å². The molecule has 7 nitrogen and oxygen atoms in total. The Kier molecular flexibility index (Phi) is 4.99. The summed E-state index contributed by atoms with van der Waals surface area (Å²) in [4.78, 5) is 12.1. The van der Waals surface area contributed by atoms with E-state index in [9.17, 15) is 0 Å². The molecule has 2 rings (SSSR count). The third-order valence-electron chi connectivity index (χ3n) is 2.76. The van der Waals surface area contributed by atoms with Crippen molar-refractivity contribution in [3.05, 3.63) is 29.0 Å². The van der Waals surface area contributed by atoms with Crippen molar-refractivity contribution in [2.45, 2.75) is 6.54 Å². The minimum Gasteiger partial charge on any atom is -0.497 e. The fourth-order valence-electron chi connectivity index (χ4n) is 1.71. The van der Waals surface area contributed by atoms with Crippen LogP contribution in [0.4, 0.5) is 11.9 Å². The van der Waals surface area contributed by atoms with E-state index in [1.165, 1.54) is 0 Å². The molecule has 1 heterocycles. The maximum Gasteiger partial charge on any atom is 0.229 e. The monoisotopic (exact) mass is 309 g/mol. The molecular weight excluding hydrogens is 294 g/mol. The standard InChI is InChI=1S/C13H16ClN5O2/c1-15-12-17-11(14)18-13(19-12)16-7-8-4-5-9(20-2)6-10(8)21-3/h4-6H,7H2,1-3H3,(H2,15,16,17,18,19). The van der Waals surface area contributed by atoms with Crippen molar-refractivity contribution in [1.29, 1.82) is 0 Å². The van der Waals surface area contributed by atoms with Crippen molar-refractivity contribution in [3.8, 4) is 11.5 Å². The second-order valence-electron chi connectivity index (χ2n) is 4.03. The van der Waals surface area contributed by atoms with Gasteiger partial charge in [0.2, 0.25) is 17.2 Å². The summed E-state index contributed by atoms with van der Waals surface area (Å²) in [5.41, 5.74) is 0.945. The van der Waals surface area contributed by atoms with E-state index >= 15 is 0 Å². The van der Waals surface area contributed by atoms with Crippen LogP contribution in [0.15, 0.2) is 18.2 Å². The Balaban J connectivity index is 2.14. The minimum atomic E-state index is 0.124. The van der Waals surface area contributed by atoms with Crippen LogP contribution in [0, 0.1) is 0 Å². The molecule has 0 aliphatic rings. The number of ether oxygens (including phenoxy) is 2. The summed E-state index contributed by atoms with van der Waals surface area (Å²) < 4.78 is 10.5. The summed E-state index contributed by atoms with van der Waals surface area (Å²) in [6, 6.07) is 5.59. The van der Waals surface area contributed by atoms with Crippen molar-refractivity contribution in [2.75, 3.05) is 31.9 Å². The first kappa shape index (κ1) is 15.1. The number of anilines is 2. The molecule has 1 aromatic heterocycles. The Morgan fingerprint density at radius 1 is 1.10 bits per heavy atom. The molecule has 0 unspecified atom stereocenters. The van der Waals surface area contributed by atoms with Gasteiger partial charge >= 0.3 is 0 Å². The van der Waals surface area contributed by atoms with E-state index in [4.69, 9.17) is 21.1 Å². The number of halogens is 1. The lowest BCUT2D eigenvalue weighted by Gasteiger charge is -2.11. The van der Waals surface area contributed by atoms with Crippen LogP contribution >= 0.6 is 11.6 Å². The van der Waals surface area contributed by atoms with Crippen molar-refractivity contribution < 1.29 is 9.47 Å². The van der Waals surface area contributed by atoms with Gasteiger partial charge in [-0.15, -0.1) is 0 Å². The Labute approximate surface area is 127 Å². The predicted octanol–water partition coefficient (Wildman–Crippen LogP) is 2.20. The maximum absolute atomic E-state index is 5.83. The van der Waals surface area contributed by atoms with Crippen LogP contribution in [0.25, 0.3) is 0 Å². The fraction of sp³-hybridized carbons (Fsp3) is 0.308. The molecule has 8 heteroatoms. The van der Waals surface area contributed by atoms with E-state index in [1.54, 1.807) is 21.3 Å². The molecule has 0 saturated heterocycles. The number of methoxy groups -OCH3 is 2. The fourth-order valence-corrected chi connectivity index (χ4v) is 1.87. The summed E-state index contributed by atoms with van der Waals surface area (Å²) in [6.07, 6.45) is 0. The molecule has 112 valence electrons. The van der Waals surface area contributed by atoms with Crippen LogP contribution in [-0.2, 0) is 6.54 Å². The molecule has 0 radical (unpaired) electrons. The smallest absolute Gasteiger partial charge is 0.229 e. The first-order valence-electron chi connectivity index (χ1n) is 6.20. The topological polar surface area (TPSA) is 81.2 Å². The summed E-state index contributed by atoms with van der Waals surface area (Å²) in [5, 5.41) is 6.02. The molecule has 2 aromatic rings. The van der Waals surface area contributed by atoms with Crippen LogP contribution in [0.1, 0.15) is 5.56 Å². The zero-order chi connectivity index (χ0) is 15.2. The van der Waals surface area contributed by atoms with E-state index in [-0.39, 0.29) is 5.28 Å². The molecule has 0 aliphatic heterocycles. The van der Waals surface area contributed by atoms with E-state index < -0.39 is 0 Å². The average Bonchev–Trinajstić information content (AvgIpc) is 2.52. The van der Waals surface area contributed by atoms with Crippen LogP contribution < -0.4 is 20.1 Å². The number of aromatic nitrogens is 3. The van der Waals surface area contributed by atoms with Crippen molar-refractivity contribution in [1.82, 2.24) is 15.0 Å². The molecule has 2 N–H and O–H groups in total. The minimum absolute atomic E-state index is 0.124. The number of nitrogens with zero attached hydrogens (tertiary/aromatic N) is 3. The van der Waals surface area contributed by atoms with Gasteiger partial charge in [-0.1, -0.05) is 0 Å².